The summed E-state index contributed by atoms with van der Waals surface area (Å²) in [6.45, 7) is 12.1. The van der Waals surface area contributed by atoms with E-state index in [9.17, 15) is 0 Å². The molecule has 0 radical (unpaired) electrons. The van der Waals surface area contributed by atoms with Gasteiger partial charge in [0.2, 0.25) is 0 Å². The molecule has 2 rings (SSSR count). The molecule has 0 atom stereocenters. The van der Waals surface area contributed by atoms with Gasteiger partial charge in [0.1, 0.15) is 12.4 Å². The molecule has 112 valence electrons. The van der Waals surface area contributed by atoms with Crippen LogP contribution in [0.3, 0.4) is 0 Å². The highest BCUT2D eigenvalue weighted by Gasteiger charge is 2.34. The first-order valence-electron chi connectivity index (χ1n) is 7.58. The summed E-state index contributed by atoms with van der Waals surface area (Å²) in [7, 11) is 0. The fraction of sp³-hybridized carbons (Fsp3) is 0.400. The van der Waals surface area contributed by atoms with Gasteiger partial charge in [0.05, 0.1) is 0 Å². The van der Waals surface area contributed by atoms with Crippen LogP contribution in [-0.4, -0.2) is 0 Å². The molecule has 0 amide bonds. The van der Waals surface area contributed by atoms with Gasteiger partial charge in [-0.2, -0.15) is 0 Å². The highest BCUT2D eigenvalue weighted by molar-refractivity contribution is 5.33. The van der Waals surface area contributed by atoms with Crippen LogP contribution in [0.25, 0.3) is 0 Å². The summed E-state index contributed by atoms with van der Waals surface area (Å²) in [6, 6.07) is 18.8. The first-order valence-corrected chi connectivity index (χ1v) is 7.58. The molecular formula is C20H26O. The van der Waals surface area contributed by atoms with Crippen molar-refractivity contribution >= 4 is 0 Å². The lowest BCUT2D eigenvalue weighted by Crippen LogP contribution is -2.33. The lowest BCUT2D eigenvalue weighted by Gasteiger charge is -2.39. The van der Waals surface area contributed by atoms with Crippen LogP contribution in [0.15, 0.2) is 54.6 Å². The van der Waals surface area contributed by atoms with Crippen molar-refractivity contribution in [3.05, 3.63) is 65.7 Å². The minimum absolute atomic E-state index is 0.130. The standard InChI is InChI=1S/C20H26O/c1-19(2,3)20(4,5)17-11-13-18(14-12-17)21-15-16-9-7-6-8-10-16/h6-14H,15H2,1-5H3. The summed E-state index contributed by atoms with van der Waals surface area (Å²) in [5.74, 6) is 0.923. The molecule has 2 aromatic carbocycles. The Kier molecular flexibility index (Phi) is 4.41. The number of rotatable bonds is 4. The normalized spacial score (nSPS) is 12.2. The molecule has 0 saturated carbocycles. The van der Waals surface area contributed by atoms with Crippen molar-refractivity contribution in [2.75, 3.05) is 0 Å². The third kappa shape index (κ3) is 3.66. The maximum absolute atomic E-state index is 5.85. The Hall–Kier alpha value is -1.76. The van der Waals surface area contributed by atoms with E-state index in [0.29, 0.717) is 6.61 Å². The van der Waals surface area contributed by atoms with Gasteiger partial charge in [-0.3, -0.25) is 0 Å². The Morgan fingerprint density at radius 3 is 1.86 bits per heavy atom. The van der Waals surface area contributed by atoms with Crippen molar-refractivity contribution in [3.63, 3.8) is 0 Å². The highest BCUT2D eigenvalue weighted by Crippen LogP contribution is 2.41. The molecule has 1 heteroatoms. The van der Waals surface area contributed by atoms with Gasteiger partial charge in [-0.25, -0.2) is 0 Å². The van der Waals surface area contributed by atoms with Crippen molar-refractivity contribution in [2.24, 2.45) is 5.41 Å². The Balaban J connectivity index is 2.06. The monoisotopic (exact) mass is 282 g/mol. The second-order valence-corrected chi connectivity index (χ2v) is 7.17. The Bertz CT molecular complexity index is 559. The van der Waals surface area contributed by atoms with Crippen LogP contribution in [0.5, 0.6) is 5.75 Å². The SMILES string of the molecule is CC(C)(C)C(C)(C)c1ccc(OCc2ccccc2)cc1. The Labute approximate surface area is 129 Å². The van der Waals surface area contributed by atoms with Gasteiger partial charge < -0.3 is 4.74 Å². The molecule has 0 spiro atoms. The van der Waals surface area contributed by atoms with Crippen molar-refractivity contribution in [3.8, 4) is 5.75 Å². The first kappa shape index (κ1) is 15.6. The fourth-order valence-electron chi connectivity index (χ4n) is 2.14. The van der Waals surface area contributed by atoms with E-state index in [0.717, 1.165) is 5.75 Å². The lowest BCUT2D eigenvalue weighted by molar-refractivity contribution is 0.225. The molecule has 0 aromatic heterocycles. The van der Waals surface area contributed by atoms with E-state index in [4.69, 9.17) is 4.74 Å². The maximum Gasteiger partial charge on any atom is 0.119 e. The Morgan fingerprint density at radius 2 is 1.33 bits per heavy atom. The molecule has 0 heterocycles. The zero-order valence-corrected chi connectivity index (χ0v) is 13.8. The van der Waals surface area contributed by atoms with E-state index in [2.05, 4.69) is 71.0 Å². The molecule has 0 aliphatic rings. The van der Waals surface area contributed by atoms with Crippen LogP contribution in [-0.2, 0) is 12.0 Å². The molecule has 0 fully saturated rings. The van der Waals surface area contributed by atoms with Crippen molar-refractivity contribution < 1.29 is 4.74 Å². The van der Waals surface area contributed by atoms with Gasteiger partial charge in [-0.05, 0) is 34.1 Å². The molecule has 0 saturated heterocycles. The highest BCUT2D eigenvalue weighted by atomic mass is 16.5. The summed E-state index contributed by atoms with van der Waals surface area (Å²) in [5, 5.41) is 0. The van der Waals surface area contributed by atoms with Gasteiger partial charge in [0, 0.05) is 0 Å². The summed E-state index contributed by atoms with van der Waals surface area (Å²) >= 11 is 0. The first-order chi connectivity index (χ1) is 9.80. The summed E-state index contributed by atoms with van der Waals surface area (Å²) in [5.41, 5.74) is 2.89. The third-order valence-electron chi connectivity index (χ3n) is 4.70. The van der Waals surface area contributed by atoms with Crippen LogP contribution in [0.1, 0.15) is 45.7 Å². The van der Waals surface area contributed by atoms with E-state index in [1.807, 2.05) is 18.2 Å². The van der Waals surface area contributed by atoms with E-state index in [-0.39, 0.29) is 10.8 Å². The van der Waals surface area contributed by atoms with E-state index in [1.54, 1.807) is 0 Å². The number of hydrogen-bond acceptors (Lipinski definition) is 1. The summed E-state index contributed by atoms with van der Waals surface area (Å²) in [4.78, 5) is 0. The molecule has 1 nitrogen and oxygen atoms in total. The average Bonchev–Trinajstić information content (AvgIpc) is 2.45. The van der Waals surface area contributed by atoms with Crippen LogP contribution in [0, 0.1) is 5.41 Å². The largest absolute Gasteiger partial charge is 0.489 e. The van der Waals surface area contributed by atoms with E-state index < -0.39 is 0 Å². The predicted octanol–water partition coefficient (Wildman–Crippen LogP) is 5.59. The van der Waals surface area contributed by atoms with Crippen LogP contribution in [0.2, 0.25) is 0 Å². The van der Waals surface area contributed by atoms with E-state index in [1.165, 1.54) is 11.1 Å². The molecular weight excluding hydrogens is 256 g/mol. The lowest BCUT2D eigenvalue weighted by atomic mass is 9.65. The second-order valence-electron chi connectivity index (χ2n) is 7.17. The minimum atomic E-state index is 0.130. The fourth-order valence-corrected chi connectivity index (χ4v) is 2.14. The molecule has 2 aromatic rings. The number of hydrogen-bond donors (Lipinski definition) is 0. The van der Waals surface area contributed by atoms with Gasteiger partial charge in [-0.15, -0.1) is 0 Å². The number of benzene rings is 2. The van der Waals surface area contributed by atoms with Crippen LogP contribution >= 0.6 is 0 Å². The van der Waals surface area contributed by atoms with Crippen molar-refractivity contribution in [1.82, 2.24) is 0 Å². The maximum atomic E-state index is 5.85. The predicted molar refractivity (Wildman–Crippen MR) is 89.7 cm³/mol. The zero-order chi connectivity index (χ0) is 15.5. The zero-order valence-electron chi connectivity index (χ0n) is 13.8. The van der Waals surface area contributed by atoms with Gasteiger partial charge >= 0.3 is 0 Å². The third-order valence-corrected chi connectivity index (χ3v) is 4.70. The molecule has 0 aliphatic heterocycles. The van der Waals surface area contributed by atoms with Gasteiger partial charge in [0.15, 0.2) is 0 Å². The van der Waals surface area contributed by atoms with E-state index >= 15 is 0 Å². The molecule has 21 heavy (non-hydrogen) atoms. The van der Waals surface area contributed by atoms with Crippen LogP contribution in [0.4, 0.5) is 0 Å². The van der Waals surface area contributed by atoms with Gasteiger partial charge in [0.25, 0.3) is 0 Å². The topological polar surface area (TPSA) is 9.23 Å². The second kappa shape index (κ2) is 5.93. The van der Waals surface area contributed by atoms with Gasteiger partial charge in [-0.1, -0.05) is 77.1 Å². The quantitative estimate of drug-likeness (QED) is 0.710. The van der Waals surface area contributed by atoms with Crippen molar-refractivity contribution in [1.29, 1.82) is 0 Å². The Morgan fingerprint density at radius 1 is 0.762 bits per heavy atom. The van der Waals surface area contributed by atoms with Crippen LogP contribution < -0.4 is 4.74 Å². The molecule has 0 unspecified atom stereocenters. The summed E-state index contributed by atoms with van der Waals surface area (Å²) in [6.07, 6.45) is 0. The molecule has 0 bridgehead atoms. The smallest absolute Gasteiger partial charge is 0.119 e. The molecule has 0 aliphatic carbocycles. The van der Waals surface area contributed by atoms with Crippen molar-refractivity contribution in [2.45, 2.75) is 46.6 Å². The minimum Gasteiger partial charge on any atom is -0.489 e. The molecule has 0 N–H and O–H groups in total. The average molecular weight is 282 g/mol. The summed E-state index contributed by atoms with van der Waals surface area (Å²) < 4.78 is 5.85. The number of ether oxygens (including phenoxy) is 1.